The molecule has 1 aromatic carbocycles. The molecule has 0 aliphatic heterocycles. The molecule has 4 heteroatoms. The largest absolute Gasteiger partial charge is 0.490 e. The topological polar surface area (TPSA) is 30.5 Å². The lowest BCUT2D eigenvalue weighted by atomic mass is 10.2. The minimum absolute atomic E-state index is 0.159. The first-order valence-electron chi connectivity index (χ1n) is 5.76. The van der Waals surface area contributed by atoms with Gasteiger partial charge in [0, 0.05) is 36.7 Å². The van der Waals surface area contributed by atoms with Crippen LogP contribution in [0, 0.1) is 0 Å². The molecule has 0 saturated heterocycles. The highest BCUT2D eigenvalue weighted by atomic mass is 79.9. The summed E-state index contributed by atoms with van der Waals surface area (Å²) in [5, 5.41) is 3.14. The standard InChI is InChI=1S/C13H20BrNO2/c1-10(6-7-16-3)17-13-5-4-12(14)8-11(13)9-15-2/h4-5,8,10,15H,6-7,9H2,1-3H3. The van der Waals surface area contributed by atoms with E-state index in [1.165, 1.54) is 0 Å². The van der Waals surface area contributed by atoms with Gasteiger partial charge in [0.1, 0.15) is 5.75 Å². The Hall–Kier alpha value is -0.580. The highest BCUT2D eigenvalue weighted by Gasteiger charge is 2.08. The summed E-state index contributed by atoms with van der Waals surface area (Å²) in [5.41, 5.74) is 1.16. The van der Waals surface area contributed by atoms with Crippen molar-refractivity contribution >= 4 is 15.9 Å². The van der Waals surface area contributed by atoms with Crippen molar-refractivity contribution in [1.82, 2.24) is 5.32 Å². The van der Waals surface area contributed by atoms with Crippen molar-refractivity contribution < 1.29 is 9.47 Å². The molecule has 1 rings (SSSR count). The minimum atomic E-state index is 0.159. The van der Waals surface area contributed by atoms with E-state index in [1.807, 2.05) is 19.2 Å². The third kappa shape index (κ3) is 5.06. The summed E-state index contributed by atoms with van der Waals surface area (Å²) in [6.07, 6.45) is 1.05. The first-order chi connectivity index (χ1) is 8.17. The van der Waals surface area contributed by atoms with Crippen LogP contribution in [0.2, 0.25) is 0 Å². The van der Waals surface area contributed by atoms with Gasteiger partial charge in [-0.15, -0.1) is 0 Å². The summed E-state index contributed by atoms with van der Waals surface area (Å²) in [7, 11) is 3.64. The maximum absolute atomic E-state index is 5.91. The molecule has 1 N–H and O–H groups in total. The second-order valence-electron chi connectivity index (χ2n) is 3.99. The second-order valence-corrected chi connectivity index (χ2v) is 4.91. The number of ether oxygens (including phenoxy) is 2. The van der Waals surface area contributed by atoms with E-state index < -0.39 is 0 Å². The highest BCUT2D eigenvalue weighted by Crippen LogP contribution is 2.24. The lowest BCUT2D eigenvalue weighted by Gasteiger charge is -2.17. The van der Waals surface area contributed by atoms with Crippen LogP contribution in [-0.4, -0.2) is 26.9 Å². The number of rotatable bonds is 7. The van der Waals surface area contributed by atoms with E-state index in [9.17, 15) is 0 Å². The number of nitrogens with one attached hydrogen (secondary N) is 1. The molecule has 0 aromatic heterocycles. The van der Waals surface area contributed by atoms with E-state index in [-0.39, 0.29) is 6.10 Å². The molecule has 96 valence electrons. The van der Waals surface area contributed by atoms with E-state index in [2.05, 4.69) is 34.2 Å². The first kappa shape index (κ1) is 14.5. The number of hydrogen-bond donors (Lipinski definition) is 1. The maximum atomic E-state index is 5.91. The molecule has 1 aromatic rings. The summed E-state index contributed by atoms with van der Waals surface area (Å²) in [4.78, 5) is 0. The normalized spacial score (nSPS) is 12.5. The molecule has 3 nitrogen and oxygen atoms in total. The fourth-order valence-corrected chi connectivity index (χ4v) is 1.96. The van der Waals surface area contributed by atoms with E-state index in [4.69, 9.17) is 9.47 Å². The van der Waals surface area contributed by atoms with Gasteiger partial charge in [-0.05, 0) is 32.2 Å². The van der Waals surface area contributed by atoms with Crippen molar-refractivity contribution in [3.8, 4) is 5.75 Å². The van der Waals surface area contributed by atoms with E-state index in [0.29, 0.717) is 0 Å². The van der Waals surface area contributed by atoms with Gasteiger partial charge in [0.2, 0.25) is 0 Å². The zero-order valence-corrected chi connectivity index (χ0v) is 12.2. The quantitative estimate of drug-likeness (QED) is 0.840. The molecule has 17 heavy (non-hydrogen) atoms. The van der Waals surface area contributed by atoms with Crippen LogP contribution in [0.4, 0.5) is 0 Å². The highest BCUT2D eigenvalue weighted by molar-refractivity contribution is 9.10. The average Bonchev–Trinajstić information content (AvgIpc) is 2.30. The van der Waals surface area contributed by atoms with Crippen LogP contribution < -0.4 is 10.1 Å². The van der Waals surface area contributed by atoms with Crippen LogP contribution in [0.3, 0.4) is 0 Å². The molecule has 0 fully saturated rings. The van der Waals surface area contributed by atoms with Crippen molar-refractivity contribution in [2.24, 2.45) is 0 Å². The van der Waals surface area contributed by atoms with Gasteiger partial charge in [0.25, 0.3) is 0 Å². The Morgan fingerprint density at radius 3 is 2.82 bits per heavy atom. The van der Waals surface area contributed by atoms with Gasteiger partial charge < -0.3 is 14.8 Å². The molecule has 0 aliphatic carbocycles. The second kappa shape index (κ2) is 7.69. The average molecular weight is 302 g/mol. The SMILES string of the molecule is CNCc1cc(Br)ccc1OC(C)CCOC. The molecule has 0 heterocycles. The van der Waals surface area contributed by atoms with Crippen molar-refractivity contribution in [3.63, 3.8) is 0 Å². The summed E-state index contributed by atoms with van der Waals surface area (Å²) in [6.45, 7) is 3.58. The molecule has 1 atom stereocenters. The number of methoxy groups -OCH3 is 1. The summed E-state index contributed by atoms with van der Waals surface area (Å²) >= 11 is 3.47. The zero-order valence-electron chi connectivity index (χ0n) is 10.6. The van der Waals surface area contributed by atoms with Crippen molar-refractivity contribution in [2.45, 2.75) is 26.0 Å². The molecule has 0 amide bonds. The number of hydrogen-bond acceptors (Lipinski definition) is 3. The Balaban J connectivity index is 2.68. The minimum Gasteiger partial charge on any atom is -0.490 e. The number of benzene rings is 1. The molecular formula is C13H20BrNO2. The Morgan fingerprint density at radius 1 is 1.41 bits per heavy atom. The Kier molecular flexibility index (Phi) is 6.55. The molecule has 0 saturated carbocycles. The Labute approximate surface area is 112 Å². The van der Waals surface area contributed by atoms with Crippen LogP contribution in [-0.2, 0) is 11.3 Å². The van der Waals surface area contributed by atoms with E-state index in [0.717, 1.165) is 35.4 Å². The maximum Gasteiger partial charge on any atom is 0.124 e. The van der Waals surface area contributed by atoms with Crippen molar-refractivity contribution in [2.75, 3.05) is 20.8 Å². The summed E-state index contributed by atoms with van der Waals surface area (Å²) in [5.74, 6) is 0.936. The van der Waals surface area contributed by atoms with Gasteiger partial charge >= 0.3 is 0 Å². The number of halogens is 1. The molecular weight excluding hydrogens is 282 g/mol. The smallest absolute Gasteiger partial charge is 0.124 e. The molecule has 0 aliphatic rings. The summed E-state index contributed by atoms with van der Waals surface area (Å²) < 4.78 is 12.0. The molecule has 1 unspecified atom stereocenters. The fourth-order valence-electron chi connectivity index (χ4n) is 1.55. The Morgan fingerprint density at radius 2 is 2.18 bits per heavy atom. The Bertz CT molecular complexity index is 344. The van der Waals surface area contributed by atoms with Gasteiger partial charge in [0.05, 0.1) is 6.10 Å². The van der Waals surface area contributed by atoms with Crippen LogP contribution in [0.5, 0.6) is 5.75 Å². The lowest BCUT2D eigenvalue weighted by Crippen LogP contribution is -2.16. The van der Waals surface area contributed by atoms with Crippen LogP contribution in [0.1, 0.15) is 18.9 Å². The van der Waals surface area contributed by atoms with Gasteiger partial charge in [-0.3, -0.25) is 0 Å². The zero-order chi connectivity index (χ0) is 12.7. The molecule has 0 spiro atoms. The molecule has 0 bridgehead atoms. The van der Waals surface area contributed by atoms with Crippen molar-refractivity contribution in [3.05, 3.63) is 28.2 Å². The van der Waals surface area contributed by atoms with E-state index >= 15 is 0 Å². The monoisotopic (exact) mass is 301 g/mol. The summed E-state index contributed by atoms with van der Waals surface area (Å²) in [6, 6.07) is 6.08. The van der Waals surface area contributed by atoms with E-state index in [1.54, 1.807) is 7.11 Å². The third-order valence-electron chi connectivity index (χ3n) is 2.45. The molecule has 0 radical (unpaired) electrons. The van der Waals surface area contributed by atoms with Crippen LogP contribution in [0.25, 0.3) is 0 Å². The van der Waals surface area contributed by atoms with Crippen molar-refractivity contribution in [1.29, 1.82) is 0 Å². The third-order valence-corrected chi connectivity index (χ3v) is 2.94. The van der Waals surface area contributed by atoms with Gasteiger partial charge in [-0.25, -0.2) is 0 Å². The van der Waals surface area contributed by atoms with Crippen LogP contribution >= 0.6 is 15.9 Å². The predicted octanol–water partition coefficient (Wildman–Crippen LogP) is 2.97. The van der Waals surface area contributed by atoms with Gasteiger partial charge in [0.15, 0.2) is 0 Å². The predicted molar refractivity (Wildman–Crippen MR) is 73.5 cm³/mol. The van der Waals surface area contributed by atoms with Crippen LogP contribution in [0.15, 0.2) is 22.7 Å². The fraction of sp³-hybridized carbons (Fsp3) is 0.538. The first-order valence-corrected chi connectivity index (χ1v) is 6.55. The van der Waals surface area contributed by atoms with Gasteiger partial charge in [-0.2, -0.15) is 0 Å². The van der Waals surface area contributed by atoms with Gasteiger partial charge in [-0.1, -0.05) is 15.9 Å². The lowest BCUT2D eigenvalue weighted by molar-refractivity contribution is 0.134.